The van der Waals surface area contributed by atoms with E-state index in [4.69, 9.17) is 17.3 Å². The molecule has 9 nitrogen and oxygen atoms in total. The molecular formula is C23H20Cl2N6O3. The number of anilines is 2. The molecule has 174 valence electrons. The number of H-pyrrole nitrogens is 1. The Morgan fingerprint density at radius 1 is 1.09 bits per heavy atom. The number of aromatic amines is 1. The lowest BCUT2D eigenvalue weighted by molar-refractivity contribution is 0.0952. The average Bonchev–Trinajstić information content (AvgIpc) is 2.81. The molecule has 2 aromatic heterocycles. The number of nitrogen functional groups attached to an aromatic ring is 1. The predicted molar refractivity (Wildman–Crippen MR) is 134 cm³/mol. The molecule has 2 heterocycles. The van der Waals surface area contributed by atoms with E-state index in [1.165, 1.54) is 30.7 Å². The van der Waals surface area contributed by atoms with Crippen LogP contribution in [0.4, 0.5) is 11.4 Å². The highest BCUT2D eigenvalue weighted by molar-refractivity contribution is 6.34. The van der Waals surface area contributed by atoms with Gasteiger partial charge in [0.25, 0.3) is 17.4 Å². The van der Waals surface area contributed by atoms with Crippen LogP contribution in [0.25, 0.3) is 11.0 Å². The van der Waals surface area contributed by atoms with Crippen molar-refractivity contribution in [2.75, 3.05) is 17.6 Å². The third-order valence-corrected chi connectivity index (χ3v) is 5.30. The average molecular weight is 499 g/mol. The van der Waals surface area contributed by atoms with Crippen LogP contribution in [0.5, 0.6) is 0 Å². The van der Waals surface area contributed by atoms with Crippen LogP contribution in [0, 0.1) is 0 Å². The van der Waals surface area contributed by atoms with Gasteiger partial charge in [-0.25, -0.2) is 9.97 Å². The Kier molecular flexibility index (Phi) is 7.83. The zero-order valence-electron chi connectivity index (χ0n) is 17.7. The van der Waals surface area contributed by atoms with Crippen molar-refractivity contribution in [3.8, 4) is 0 Å². The van der Waals surface area contributed by atoms with Crippen molar-refractivity contribution in [2.45, 2.75) is 6.42 Å². The maximum atomic E-state index is 12.7. The Balaban J connectivity index is 0.00000324. The lowest BCUT2D eigenvalue weighted by Gasteiger charge is -2.11. The van der Waals surface area contributed by atoms with Gasteiger partial charge in [-0.15, -0.1) is 12.4 Å². The molecule has 0 unspecified atom stereocenters. The van der Waals surface area contributed by atoms with Crippen LogP contribution < -0.4 is 21.9 Å². The number of pyridine rings is 1. The molecule has 0 aliphatic rings. The lowest BCUT2D eigenvalue weighted by atomic mass is 10.1. The summed E-state index contributed by atoms with van der Waals surface area (Å²) in [6.45, 7) is 0.381. The van der Waals surface area contributed by atoms with Crippen LogP contribution in [0.15, 0.2) is 65.8 Å². The van der Waals surface area contributed by atoms with Gasteiger partial charge in [0.05, 0.1) is 10.7 Å². The summed E-state index contributed by atoms with van der Waals surface area (Å²) in [6, 6.07) is 13.3. The van der Waals surface area contributed by atoms with Gasteiger partial charge in [-0.1, -0.05) is 29.8 Å². The van der Waals surface area contributed by atoms with Crippen LogP contribution in [0.1, 0.15) is 26.3 Å². The quantitative estimate of drug-likeness (QED) is 0.300. The zero-order valence-corrected chi connectivity index (χ0v) is 19.2. The maximum absolute atomic E-state index is 12.7. The van der Waals surface area contributed by atoms with Gasteiger partial charge in [0, 0.05) is 29.4 Å². The van der Waals surface area contributed by atoms with Crippen molar-refractivity contribution >= 4 is 58.2 Å². The number of benzene rings is 2. The summed E-state index contributed by atoms with van der Waals surface area (Å²) >= 11 is 6.20. The number of hydrogen-bond acceptors (Lipinski definition) is 6. The van der Waals surface area contributed by atoms with E-state index < -0.39 is 11.5 Å². The Bertz CT molecular complexity index is 1420. The highest BCUT2D eigenvalue weighted by Gasteiger charge is 2.16. The van der Waals surface area contributed by atoms with Gasteiger partial charge in [-0.2, -0.15) is 0 Å². The van der Waals surface area contributed by atoms with Gasteiger partial charge >= 0.3 is 0 Å². The smallest absolute Gasteiger partial charge is 0.262 e. The number of nitrogens with one attached hydrogen (secondary N) is 3. The molecule has 0 fully saturated rings. The zero-order chi connectivity index (χ0) is 23.4. The fraction of sp³-hybridized carbons (Fsp3) is 0.0870. The van der Waals surface area contributed by atoms with E-state index in [0.29, 0.717) is 35.2 Å². The first-order valence-corrected chi connectivity index (χ1v) is 10.4. The molecule has 0 saturated heterocycles. The Morgan fingerprint density at radius 3 is 2.68 bits per heavy atom. The summed E-state index contributed by atoms with van der Waals surface area (Å²) in [5.74, 6) is -1.02. The number of amides is 2. The molecular weight excluding hydrogens is 479 g/mol. The number of nitrogens with zero attached hydrogens (tertiary/aromatic N) is 2. The predicted octanol–water partition coefficient (Wildman–Crippen LogP) is 3.20. The first-order valence-electron chi connectivity index (χ1n) is 9.98. The highest BCUT2D eigenvalue weighted by Crippen LogP contribution is 2.24. The minimum absolute atomic E-state index is 0. The van der Waals surface area contributed by atoms with Gasteiger partial charge in [0.15, 0.2) is 0 Å². The fourth-order valence-electron chi connectivity index (χ4n) is 3.24. The maximum Gasteiger partial charge on any atom is 0.262 e. The molecule has 0 aliphatic carbocycles. The molecule has 0 radical (unpaired) electrons. The Hall–Kier alpha value is -3.95. The molecule has 34 heavy (non-hydrogen) atoms. The van der Waals surface area contributed by atoms with Crippen LogP contribution in [-0.4, -0.2) is 33.3 Å². The van der Waals surface area contributed by atoms with Crippen molar-refractivity contribution in [1.29, 1.82) is 0 Å². The van der Waals surface area contributed by atoms with Gasteiger partial charge in [-0.05, 0) is 42.3 Å². The molecule has 4 aromatic rings. The van der Waals surface area contributed by atoms with Gasteiger partial charge < -0.3 is 21.4 Å². The van der Waals surface area contributed by atoms with Crippen molar-refractivity contribution in [2.24, 2.45) is 0 Å². The van der Waals surface area contributed by atoms with Crippen LogP contribution in [0.3, 0.4) is 0 Å². The summed E-state index contributed by atoms with van der Waals surface area (Å²) in [6.07, 6.45) is 3.35. The van der Waals surface area contributed by atoms with Gasteiger partial charge in [-0.3, -0.25) is 14.4 Å². The number of para-hydroxylation sites is 1. The monoisotopic (exact) mass is 498 g/mol. The van der Waals surface area contributed by atoms with E-state index >= 15 is 0 Å². The number of nitrogens with two attached hydrogens (primary N) is 1. The molecule has 0 bridgehead atoms. The SMILES string of the molecule is Cl.Nc1ccccc1CCNC(=O)c1ccc(Cl)c(NC(=O)c2cc3cncnc3[nH]c2=O)c1. The molecule has 0 aliphatic heterocycles. The second kappa shape index (κ2) is 10.8. The minimum atomic E-state index is -0.680. The standard InChI is InChI=1S/C23H19ClN6O3.ClH/c24-17-6-5-14(21(31)27-8-7-13-3-1-2-4-18(13)25)10-19(17)29-22(32)16-9-15-11-26-12-28-20(15)30-23(16)33;/h1-6,9-12H,7-8,25H2,(H,27,31)(H,29,32)(H,26,28,30,33);1H. The minimum Gasteiger partial charge on any atom is -0.399 e. The van der Waals surface area contributed by atoms with E-state index in [2.05, 4.69) is 25.6 Å². The number of carbonyl (C=O) groups is 2. The second-order valence-electron chi connectivity index (χ2n) is 7.19. The van der Waals surface area contributed by atoms with E-state index in [0.717, 1.165) is 5.56 Å². The molecule has 0 atom stereocenters. The number of halogens is 2. The normalized spacial score (nSPS) is 10.4. The van der Waals surface area contributed by atoms with E-state index in [9.17, 15) is 14.4 Å². The van der Waals surface area contributed by atoms with Crippen molar-refractivity contribution in [1.82, 2.24) is 20.3 Å². The highest BCUT2D eigenvalue weighted by atomic mass is 35.5. The molecule has 2 amide bonds. The third kappa shape index (κ3) is 5.51. The first kappa shape index (κ1) is 24.7. The summed E-state index contributed by atoms with van der Waals surface area (Å²) in [7, 11) is 0. The van der Waals surface area contributed by atoms with Gasteiger partial charge in [0.2, 0.25) is 0 Å². The number of aromatic nitrogens is 3. The number of rotatable bonds is 6. The molecule has 2 aromatic carbocycles. The Labute approximate surface area is 205 Å². The second-order valence-corrected chi connectivity index (χ2v) is 7.60. The molecule has 0 spiro atoms. The number of hydrogen-bond donors (Lipinski definition) is 4. The topological polar surface area (TPSA) is 143 Å². The summed E-state index contributed by atoms with van der Waals surface area (Å²) in [4.78, 5) is 48.0. The van der Waals surface area contributed by atoms with Crippen LogP contribution >= 0.6 is 24.0 Å². The van der Waals surface area contributed by atoms with Gasteiger partial charge in [0.1, 0.15) is 17.5 Å². The summed E-state index contributed by atoms with van der Waals surface area (Å²) in [5, 5.41) is 6.13. The lowest BCUT2D eigenvalue weighted by Crippen LogP contribution is -2.26. The summed E-state index contributed by atoms with van der Waals surface area (Å²) < 4.78 is 0. The van der Waals surface area contributed by atoms with Crippen LogP contribution in [0.2, 0.25) is 5.02 Å². The first-order chi connectivity index (χ1) is 15.9. The number of carbonyl (C=O) groups excluding carboxylic acids is 2. The van der Waals surface area contributed by atoms with E-state index in [-0.39, 0.29) is 34.6 Å². The largest absolute Gasteiger partial charge is 0.399 e. The van der Waals surface area contributed by atoms with E-state index in [1.54, 1.807) is 12.1 Å². The van der Waals surface area contributed by atoms with E-state index in [1.807, 2.05) is 18.2 Å². The van der Waals surface area contributed by atoms with Crippen molar-refractivity contribution in [3.63, 3.8) is 0 Å². The Morgan fingerprint density at radius 2 is 1.88 bits per heavy atom. The van der Waals surface area contributed by atoms with Crippen LogP contribution in [-0.2, 0) is 6.42 Å². The molecule has 4 rings (SSSR count). The fourth-order valence-corrected chi connectivity index (χ4v) is 3.41. The molecule has 11 heteroatoms. The molecule has 5 N–H and O–H groups in total. The summed E-state index contributed by atoms with van der Waals surface area (Å²) in [5.41, 5.74) is 7.60. The van der Waals surface area contributed by atoms with Crippen molar-refractivity contribution in [3.05, 3.63) is 93.1 Å². The third-order valence-electron chi connectivity index (χ3n) is 4.97. The number of fused-ring (bicyclic) bond motifs is 1. The molecule has 0 saturated carbocycles. The van der Waals surface area contributed by atoms with Crippen molar-refractivity contribution < 1.29 is 9.59 Å².